The van der Waals surface area contributed by atoms with Gasteiger partial charge in [-0.2, -0.15) is 0 Å². The number of aromatic hydroxyl groups is 3. The van der Waals surface area contributed by atoms with Gasteiger partial charge in [0.05, 0.1) is 18.5 Å². The second-order valence-electron chi connectivity index (χ2n) is 8.64. The summed E-state index contributed by atoms with van der Waals surface area (Å²) in [5.41, 5.74) is 0.940. The van der Waals surface area contributed by atoms with Gasteiger partial charge in [0, 0.05) is 17.2 Å². The molecule has 0 saturated carbocycles. The number of allylic oxidation sites excluding steroid dienone is 2. The van der Waals surface area contributed by atoms with Crippen molar-refractivity contribution in [1.29, 1.82) is 0 Å². The Balaban J connectivity index is 2.09. The quantitative estimate of drug-likeness (QED) is 0.206. The first-order valence-electron chi connectivity index (χ1n) is 10.8. The van der Waals surface area contributed by atoms with E-state index in [1.807, 2.05) is 13.8 Å². The van der Waals surface area contributed by atoms with Crippen LogP contribution >= 0.6 is 0 Å². The smallest absolute Gasteiger partial charge is 0.347 e. The number of amides is 1. The van der Waals surface area contributed by atoms with Crippen LogP contribution in [0.3, 0.4) is 0 Å². The first kappa shape index (κ1) is 26.1. The van der Waals surface area contributed by atoms with E-state index in [0.29, 0.717) is 0 Å². The summed E-state index contributed by atoms with van der Waals surface area (Å²) in [7, 11) is 0. The highest BCUT2D eigenvalue weighted by atomic mass is 16.5. The number of carbonyl (C=O) groups is 4. The molecular formula is C25H25NO10. The zero-order chi connectivity index (χ0) is 26.9. The predicted octanol–water partition coefficient (Wildman–Crippen LogP) is 2.72. The van der Waals surface area contributed by atoms with Crippen molar-refractivity contribution in [2.75, 3.05) is 0 Å². The molecule has 1 heterocycles. The van der Waals surface area contributed by atoms with Crippen LogP contribution in [0.5, 0.6) is 23.0 Å². The second kappa shape index (κ2) is 9.98. The summed E-state index contributed by atoms with van der Waals surface area (Å²) in [4.78, 5) is 49.6. The number of phenols is 3. The Labute approximate surface area is 205 Å². The van der Waals surface area contributed by atoms with Gasteiger partial charge in [-0.1, -0.05) is 11.6 Å². The molecule has 1 atom stereocenters. The molecule has 2 aromatic carbocycles. The molecule has 0 aromatic heterocycles. The number of carbonyl (C=O) groups excluding carboxylic acids is 2. The summed E-state index contributed by atoms with van der Waals surface area (Å²) in [6.07, 6.45) is 0.985. The molecule has 190 valence electrons. The third-order valence-electron chi connectivity index (χ3n) is 5.74. The van der Waals surface area contributed by atoms with Gasteiger partial charge < -0.3 is 35.2 Å². The topological polar surface area (TPSA) is 182 Å². The number of ether oxygens (including phenoxy) is 1. The molecule has 0 aliphatic carbocycles. The number of aliphatic carboxylic acids is 2. The molecule has 1 aliphatic rings. The van der Waals surface area contributed by atoms with E-state index in [-0.39, 0.29) is 52.3 Å². The standard InChI is InChI=1S/C25H25NO10/c1-11(2)4-5-14-19(36-25(35)21-12(3)6-13(27)7-18(21)28)8-15-16(22(14)31)10-26(23(15)32)17(24(33)34)9-20(29)30/h4,6-8,17,27-28,31H,5,9-10H2,1-3H3,(H,29,30)(H,33,34)/t17-/m0/s1. The highest BCUT2D eigenvalue weighted by Gasteiger charge is 2.40. The molecule has 0 unspecified atom stereocenters. The number of carboxylic acids is 2. The van der Waals surface area contributed by atoms with Gasteiger partial charge >= 0.3 is 17.9 Å². The SMILES string of the molecule is CC(C)=CCc1c(OC(=O)c2c(C)cc(O)cc2O)cc2c(c1O)CN([C@@H](CC(=O)O)C(=O)O)C2=O. The second-order valence-corrected chi connectivity index (χ2v) is 8.64. The van der Waals surface area contributed by atoms with Crippen LogP contribution in [0.2, 0.25) is 0 Å². The van der Waals surface area contributed by atoms with Gasteiger partial charge in [-0.05, 0) is 44.9 Å². The number of aryl methyl sites for hydroxylation is 1. The van der Waals surface area contributed by atoms with Gasteiger partial charge in [0.1, 0.15) is 34.6 Å². The third kappa shape index (κ3) is 5.09. The van der Waals surface area contributed by atoms with E-state index in [1.165, 1.54) is 19.1 Å². The Morgan fingerprint density at radius 2 is 1.78 bits per heavy atom. The summed E-state index contributed by atoms with van der Waals surface area (Å²) in [5.74, 6) is -6.18. The highest BCUT2D eigenvalue weighted by molar-refractivity contribution is 6.03. The van der Waals surface area contributed by atoms with Gasteiger partial charge in [0.2, 0.25) is 0 Å². The van der Waals surface area contributed by atoms with E-state index < -0.39 is 47.8 Å². The van der Waals surface area contributed by atoms with Crippen LogP contribution in [-0.2, 0) is 22.6 Å². The largest absolute Gasteiger partial charge is 0.508 e. The molecule has 11 nitrogen and oxygen atoms in total. The molecule has 1 amide bonds. The fourth-order valence-corrected chi connectivity index (χ4v) is 3.99. The Morgan fingerprint density at radius 3 is 2.33 bits per heavy atom. The summed E-state index contributed by atoms with van der Waals surface area (Å²) in [5, 5.41) is 49.4. The number of hydrogen-bond donors (Lipinski definition) is 5. The molecule has 0 saturated heterocycles. The lowest BCUT2D eigenvalue weighted by Crippen LogP contribution is -2.42. The number of carboxylic acid groups (broad SMARTS) is 2. The fraction of sp³-hybridized carbons (Fsp3) is 0.280. The summed E-state index contributed by atoms with van der Waals surface area (Å²) in [6.45, 7) is 4.74. The number of phenolic OH excluding ortho intramolecular Hbond substituents is 3. The number of rotatable bonds is 8. The maximum atomic E-state index is 13.0. The minimum absolute atomic E-state index is 0.0808. The lowest BCUT2D eigenvalue weighted by molar-refractivity contribution is -0.148. The molecule has 0 radical (unpaired) electrons. The normalized spacial score (nSPS) is 13.2. The molecule has 3 rings (SSSR count). The van der Waals surface area contributed by atoms with Crippen molar-refractivity contribution in [1.82, 2.24) is 4.90 Å². The maximum absolute atomic E-state index is 13.0. The Hall–Kier alpha value is -4.54. The van der Waals surface area contributed by atoms with Crippen LogP contribution in [0.25, 0.3) is 0 Å². The van der Waals surface area contributed by atoms with Crippen molar-refractivity contribution in [3.63, 3.8) is 0 Å². The number of nitrogens with zero attached hydrogens (tertiary/aromatic N) is 1. The third-order valence-corrected chi connectivity index (χ3v) is 5.74. The van der Waals surface area contributed by atoms with Crippen LogP contribution in [0.1, 0.15) is 57.7 Å². The average Bonchev–Trinajstić information content (AvgIpc) is 3.07. The van der Waals surface area contributed by atoms with E-state index in [2.05, 4.69) is 0 Å². The van der Waals surface area contributed by atoms with Gasteiger partial charge in [0.15, 0.2) is 0 Å². The Bertz CT molecular complexity index is 1280. The van der Waals surface area contributed by atoms with E-state index in [9.17, 15) is 39.6 Å². The molecule has 1 aliphatic heterocycles. The van der Waals surface area contributed by atoms with Crippen LogP contribution in [0.4, 0.5) is 0 Å². The van der Waals surface area contributed by atoms with Gasteiger partial charge in [-0.15, -0.1) is 0 Å². The number of benzene rings is 2. The molecule has 2 aromatic rings. The van der Waals surface area contributed by atoms with Crippen molar-refractivity contribution < 1.29 is 49.4 Å². The molecule has 0 bridgehead atoms. The lowest BCUT2D eigenvalue weighted by atomic mass is 9.99. The van der Waals surface area contributed by atoms with E-state index >= 15 is 0 Å². The fourth-order valence-electron chi connectivity index (χ4n) is 3.99. The summed E-state index contributed by atoms with van der Waals surface area (Å²) < 4.78 is 5.48. The van der Waals surface area contributed by atoms with Gasteiger partial charge in [0.25, 0.3) is 5.91 Å². The van der Waals surface area contributed by atoms with Crippen molar-refractivity contribution in [2.45, 2.75) is 46.2 Å². The van der Waals surface area contributed by atoms with Crippen molar-refractivity contribution in [3.05, 3.63) is 57.7 Å². The van der Waals surface area contributed by atoms with Gasteiger partial charge in [-0.3, -0.25) is 9.59 Å². The highest BCUT2D eigenvalue weighted by Crippen LogP contribution is 2.41. The Kier molecular flexibility index (Phi) is 7.23. The average molecular weight is 499 g/mol. The number of esters is 1. The van der Waals surface area contributed by atoms with E-state index in [4.69, 9.17) is 9.84 Å². The molecule has 5 N–H and O–H groups in total. The molecule has 0 fully saturated rings. The first-order chi connectivity index (χ1) is 16.8. The van der Waals surface area contributed by atoms with Crippen molar-refractivity contribution >= 4 is 23.8 Å². The minimum atomic E-state index is -1.68. The zero-order valence-corrected chi connectivity index (χ0v) is 19.7. The Morgan fingerprint density at radius 1 is 1.11 bits per heavy atom. The summed E-state index contributed by atoms with van der Waals surface area (Å²) in [6, 6.07) is 1.72. The minimum Gasteiger partial charge on any atom is -0.508 e. The number of hydrogen-bond acceptors (Lipinski definition) is 8. The van der Waals surface area contributed by atoms with Crippen LogP contribution < -0.4 is 4.74 Å². The van der Waals surface area contributed by atoms with Crippen molar-refractivity contribution in [3.8, 4) is 23.0 Å². The molecule has 11 heteroatoms. The number of fused-ring (bicyclic) bond motifs is 1. The van der Waals surface area contributed by atoms with Crippen LogP contribution in [-0.4, -0.2) is 60.3 Å². The lowest BCUT2D eigenvalue weighted by Gasteiger charge is -2.22. The van der Waals surface area contributed by atoms with E-state index in [0.717, 1.165) is 16.5 Å². The molecular weight excluding hydrogens is 474 g/mol. The molecule has 36 heavy (non-hydrogen) atoms. The first-order valence-corrected chi connectivity index (χ1v) is 10.8. The summed E-state index contributed by atoms with van der Waals surface area (Å²) >= 11 is 0. The monoisotopic (exact) mass is 499 g/mol. The molecule has 0 spiro atoms. The predicted molar refractivity (Wildman–Crippen MR) is 124 cm³/mol. The van der Waals surface area contributed by atoms with Crippen molar-refractivity contribution in [2.24, 2.45) is 0 Å². The van der Waals surface area contributed by atoms with Crippen LogP contribution in [0.15, 0.2) is 29.8 Å². The zero-order valence-electron chi connectivity index (χ0n) is 19.7. The van der Waals surface area contributed by atoms with E-state index in [1.54, 1.807) is 6.08 Å². The van der Waals surface area contributed by atoms with Gasteiger partial charge in [-0.25, -0.2) is 9.59 Å². The van der Waals surface area contributed by atoms with Crippen LogP contribution in [0, 0.1) is 6.92 Å². The maximum Gasteiger partial charge on any atom is 0.347 e.